The molecule has 232 valence electrons. The smallest absolute Gasteiger partial charge is 0.392 e. The fraction of sp³-hybridized carbons (Fsp3) is 0.333. The molecule has 0 aliphatic carbocycles. The van der Waals surface area contributed by atoms with Crippen LogP contribution in [-0.2, 0) is 22.3 Å². The maximum atomic E-state index is 14.9. The Morgan fingerprint density at radius 3 is 2.55 bits per heavy atom. The topological polar surface area (TPSA) is 98.7 Å². The van der Waals surface area contributed by atoms with Gasteiger partial charge in [0.1, 0.15) is 17.1 Å². The average molecular weight is 636 g/mol. The van der Waals surface area contributed by atoms with Crippen LogP contribution in [-0.4, -0.2) is 55.6 Å². The zero-order chi connectivity index (χ0) is 32.1. The molecule has 0 bridgehead atoms. The first-order valence-corrected chi connectivity index (χ1v) is 13.9. The van der Waals surface area contributed by atoms with Gasteiger partial charge >= 0.3 is 6.18 Å². The summed E-state index contributed by atoms with van der Waals surface area (Å²) < 4.78 is 70.3. The van der Waals surface area contributed by atoms with E-state index in [4.69, 9.17) is 11.6 Å². The number of carbonyl (C=O) groups excluding carboxylic acids is 2. The molecule has 44 heavy (non-hydrogen) atoms. The minimum atomic E-state index is -4.72. The number of nitrogens with one attached hydrogen (secondary N) is 1. The van der Waals surface area contributed by atoms with Crippen molar-refractivity contribution in [1.82, 2.24) is 20.0 Å². The number of aliphatic hydroxyl groups is 1. The monoisotopic (exact) mass is 635 g/mol. The van der Waals surface area contributed by atoms with Crippen LogP contribution in [0.15, 0.2) is 47.8 Å². The molecule has 8 nitrogen and oxygen atoms in total. The second kappa shape index (κ2) is 11.5. The van der Waals surface area contributed by atoms with Crippen molar-refractivity contribution < 1.29 is 36.6 Å². The highest BCUT2D eigenvalue weighted by molar-refractivity contribution is 6.30. The molecule has 3 aromatic rings. The molecule has 2 aliphatic rings. The van der Waals surface area contributed by atoms with Crippen LogP contribution in [0, 0.1) is 25.5 Å². The molecular weight excluding hydrogens is 609 g/mol. The van der Waals surface area contributed by atoms with Gasteiger partial charge in [-0.2, -0.15) is 13.2 Å². The molecule has 5 rings (SSSR count). The summed E-state index contributed by atoms with van der Waals surface area (Å²) in [5, 5.41) is 15.7. The number of aryl methyl sites for hydroxylation is 1. The highest BCUT2D eigenvalue weighted by Crippen LogP contribution is 2.44. The van der Waals surface area contributed by atoms with Crippen molar-refractivity contribution in [3.63, 3.8) is 0 Å². The number of aromatic nitrogens is 2. The van der Waals surface area contributed by atoms with Gasteiger partial charge in [0.15, 0.2) is 11.6 Å². The first-order chi connectivity index (χ1) is 20.7. The molecule has 1 unspecified atom stereocenters. The van der Waals surface area contributed by atoms with E-state index in [1.807, 2.05) is 0 Å². The van der Waals surface area contributed by atoms with Crippen LogP contribution in [0.4, 0.5) is 27.6 Å². The number of rotatable bonds is 6. The van der Waals surface area contributed by atoms with Crippen LogP contribution in [0.5, 0.6) is 0 Å². The number of aliphatic hydroxyl groups excluding tert-OH is 1. The molecule has 1 saturated heterocycles. The van der Waals surface area contributed by atoms with E-state index in [9.17, 15) is 36.6 Å². The average Bonchev–Trinajstić information content (AvgIpc) is 3.37. The Bertz CT molecular complexity index is 1710. The van der Waals surface area contributed by atoms with Gasteiger partial charge in [0.05, 0.1) is 35.6 Å². The van der Waals surface area contributed by atoms with E-state index in [1.54, 1.807) is 11.9 Å². The number of halogens is 6. The Kier molecular flexibility index (Phi) is 8.25. The van der Waals surface area contributed by atoms with Crippen LogP contribution >= 0.6 is 11.6 Å². The lowest BCUT2D eigenvalue weighted by atomic mass is 9.84. The van der Waals surface area contributed by atoms with E-state index in [1.165, 1.54) is 26.0 Å². The van der Waals surface area contributed by atoms with Crippen molar-refractivity contribution >= 4 is 29.1 Å². The first-order valence-electron chi connectivity index (χ1n) is 13.6. The summed E-state index contributed by atoms with van der Waals surface area (Å²) in [6.45, 7) is 3.88. The van der Waals surface area contributed by atoms with Gasteiger partial charge in [0.25, 0.3) is 11.8 Å². The second-order valence-electron chi connectivity index (χ2n) is 10.9. The Labute approximate surface area is 254 Å². The molecule has 1 aromatic heterocycles. The normalized spacial score (nSPS) is 19.0. The quantitative estimate of drug-likeness (QED) is 0.203. The number of alkyl halides is 3. The van der Waals surface area contributed by atoms with Crippen molar-refractivity contribution in [2.75, 3.05) is 18.5 Å². The molecule has 2 aliphatic heterocycles. The highest BCUT2D eigenvalue weighted by Gasteiger charge is 2.51. The van der Waals surface area contributed by atoms with Crippen LogP contribution in [0.1, 0.15) is 42.0 Å². The van der Waals surface area contributed by atoms with E-state index in [-0.39, 0.29) is 44.4 Å². The largest absolute Gasteiger partial charge is 0.416 e. The lowest BCUT2D eigenvalue weighted by molar-refractivity contribution is -0.158. The highest BCUT2D eigenvalue weighted by atomic mass is 35.5. The molecule has 0 spiro atoms. The summed E-state index contributed by atoms with van der Waals surface area (Å²) >= 11 is 6.11. The van der Waals surface area contributed by atoms with Gasteiger partial charge in [-0.3, -0.25) is 14.6 Å². The van der Waals surface area contributed by atoms with E-state index in [0.29, 0.717) is 19.4 Å². The predicted octanol–water partition coefficient (Wildman–Crippen LogP) is 5.75. The predicted molar refractivity (Wildman–Crippen MR) is 151 cm³/mol. The molecule has 2 aromatic carbocycles. The van der Waals surface area contributed by atoms with E-state index in [0.717, 1.165) is 29.5 Å². The van der Waals surface area contributed by atoms with Crippen LogP contribution in [0.3, 0.4) is 0 Å². The lowest BCUT2D eigenvalue weighted by Crippen LogP contribution is -2.61. The Hall–Kier alpha value is -3.94. The second-order valence-corrected chi connectivity index (χ2v) is 11.3. The molecule has 0 saturated carbocycles. The van der Waals surface area contributed by atoms with E-state index >= 15 is 0 Å². The summed E-state index contributed by atoms with van der Waals surface area (Å²) in [4.78, 5) is 35.8. The molecule has 2 N–H and O–H groups in total. The molecular formula is C30H27ClF5N5O3. The van der Waals surface area contributed by atoms with Gasteiger partial charge in [-0.1, -0.05) is 23.7 Å². The van der Waals surface area contributed by atoms with Gasteiger partial charge in [-0.25, -0.2) is 23.8 Å². The molecule has 1 atom stereocenters. The van der Waals surface area contributed by atoms with Crippen LogP contribution in [0.25, 0.3) is 11.3 Å². The summed E-state index contributed by atoms with van der Waals surface area (Å²) in [5.74, 6) is -4.09. The van der Waals surface area contributed by atoms with Gasteiger partial charge in [0.2, 0.25) is 0 Å². The van der Waals surface area contributed by atoms with Gasteiger partial charge in [-0.05, 0) is 62.9 Å². The molecule has 1 fully saturated rings. The maximum Gasteiger partial charge on any atom is 0.416 e. The fourth-order valence-corrected chi connectivity index (χ4v) is 5.93. The van der Waals surface area contributed by atoms with Crippen LogP contribution < -0.4 is 5.32 Å². The van der Waals surface area contributed by atoms with E-state index in [2.05, 4.69) is 15.3 Å². The molecule has 2 amide bonds. The zero-order valence-corrected chi connectivity index (χ0v) is 24.6. The third-order valence-electron chi connectivity index (χ3n) is 8.23. The summed E-state index contributed by atoms with van der Waals surface area (Å²) in [7, 11) is 0. The number of fused-ring (bicyclic) bond motifs is 1. The summed E-state index contributed by atoms with van der Waals surface area (Å²) in [5.41, 5.74) is -2.43. The van der Waals surface area contributed by atoms with Gasteiger partial charge < -0.3 is 10.4 Å². The number of anilines is 1. The summed E-state index contributed by atoms with van der Waals surface area (Å²) in [6, 6.07) is 5.32. The third-order valence-corrected chi connectivity index (χ3v) is 8.61. The van der Waals surface area contributed by atoms with Gasteiger partial charge in [0, 0.05) is 23.2 Å². The summed E-state index contributed by atoms with van der Waals surface area (Å²) in [6.07, 6.45) is -2.66. The fourth-order valence-electron chi connectivity index (χ4n) is 5.80. The number of hydrazine groups is 1. The number of carbonyl (C=O) groups is 2. The van der Waals surface area contributed by atoms with Crippen molar-refractivity contribution in [3.05, 3.63) is 86.8 Å². The first kappa shape index (κ1) is 31.5. The maximum absolute atomic E-state index is 14.9. The minimum Gasteiger partial charge on any atom is -0.392 e. The Balaban J connectivity index is 1.60. The lowest BCUT2D eigenvalue weighted by Gasteiger charge is -2.48. The van der Waals surface area contributed by atoms with Crippen molar-refractivity contribution in [2.24, 2.45) is 0 Å². The Morgan fingerprint density at radius 2 is 1.86 bits per heavy atom. The minimum absolute atomic E-state index is 0.0120. The number of hydrogen-bond acceptors (Lipinski definition) is 6. The molecule has 3 heterocycles. The van der Waals surface area contributed by atoms with Crippen molar-refractivity contribution in [1.29, 1.82) is 0 Å². The number of nitrogens with zero attached hydrogens (tertiary/aromatic N) is 4. The van der Waals surface area contributed by atoms with Crippen molar-refractivity contribution in [3.8, 4) is 11.3 Å². The Morgan fingerprint density at radius 1 is 1.14 bits per heavy atom. The molecule has 0 radical (unpaired) electrons. The SMILES string of the molecule is Cc1ccc(CN2C(=O)C(C(=O)Nc3ccc(C(F)(F)F)cc3-c3ncnc(Cl)c3C)=C(CO)C3(C)CCCN23)c(F)c1F. The standard InChI is InChI=1S/C30H27ClF5N5O3/c1-15-5-6-17(24(33)23(15)32)12-40-28(44)22(20(13-42)29(3)9-4-10-41(29)40)27(43)39-21-8-7-18(30(34,35)36)11-19(21)25-16(2)26(31)38-14-37-25/h5-8,11,14,42H,4,9-10,12-13H2,1-3H3,(H,39,43). The number of hydrogen-bond donors (Lipinski definition) is 2. The number of benzene rings is 2. The van der Waals surface area contributed by atoms with E-state index < -0.39 is 59.5 Å². The van der Waals surface area contributed by atoms with Crippen molar-refractivity contribution in [2.45, 2.75) is 51.9 Å². The van der Waals surface area contributed by atoms with Gasteiger partial charge in [-0.15, -0.1) is 0 Å². The zero-order valence-electron chi connectivity index (χ0n) is 23.8. The third kappa shape index (κ3) is 5.33. The number of amides is 2. The molecule has 14 heteroatoms. The van der Waals surface area contributed by atoms with Crippen LogP contribution in [0.2, 0.25) is 5.15 Å².